The summed E-state index contributed by atoms with van der Waals surface area (Å²) in [6, 6.07) is -0.648. The molecule has 0 radical (unpaired) electrons. The van der Waals surface area contributed by atoms with Gasteiger partial charge in [-0.15, -0.1) is 0 Å². The summed E-state index contributed by atoms with van der Waals surface area (Å²) in [4.78, 5) is 4.34. The number of rotatable bonds is 6. The molecule has 0 aliphatic heterocycles. The van der Waals surface area contributed by atoms with Gasteiger partial charge in [0, 0.05) is 6.61 Å². The van der Waals surface area contributed by atoms with Gasteiger partial charge in [-0.2, -0.15) is 4.98 Å². The number of aliphatic hydroxyl groups is 1. The molecule has 0 bridgehead atoms. The fourth-order valence-electron chi connectivity index (χ4n) is 2.74. The van der Waals surface area contributed by atoms with Gasteiger partial charge in [0.25, 0.3) is 0 Å². The monoisotopic (exact) mass is 283 g/mol. The molecule has 1 aromatic rings. The topological polar surface area (TPSA) is 94.4 Å². The summed E-state index contributed by atoms with van der Waals surface area (Å²) >= 11 is 0. The van der Waals surface area contributed by atoms with Gasteiger partial charge in [0.05, 0.1) is 6.10 Å². The summed E-state index contributed by atoms with van der Waals surface area (Å²) in [7, 11) is 0. The van der Waals surface area contributed by atoms with Gasteiger partial charge in [0.1, 0.15) is 12.1 Å². The summed E-state index contributed by atoms with van der Waals surface area (Å²) in [6.45, 7) is 4.20. The highest BCUT2D eigenvalue weighted by molar-refractivity contribution is 4.98. The van der Waals surface area contributed by atoms with Gasteiger partial charge >= 0.3 is 0 Å². The van der Waals surface area contributed by atoms with Crippen LogP contribution in [0.1, 0.15) is 69.8 Å². The highest BCUT2D eigenvalue weighted by Crippen LogP contribution is 2.36. The molecule has 1 aliphatic rings. The molecular weight excluding hydrogens is 258 g/mol. The van der Waals surface area contributed by atoms with Gasteiger partial charge in [0.15, 0.2) is 0 Å². The van der Waals surface area contributed by atoms with E-state index in [2.05, 4.69) is 10.1 Å². The van der Waals surface area contributed by atoms with Crippen molar-refractivity contribution in [2.45, 2.75) is 64.2 Å². The minimum Gasteiger partial charge on any atom is -0.391 e. The zero-order valence-corrected chi connectivity index (χ0v) is 12.3. The molecule has 1 saturated carbocycles. The fraction of sp³-hybridized carbons (Fsp3) is 0.857. The van der Waals surface area contributed by atoms with E-state index in [1.807, 2.05) is 6.92 Å². The molecule has 1 heterocycles. The van der Waals surface area contributed by atoms with Crippen LogP contribution >= 0.6 is 0 Å². The molecule has 3 N–H and O–H groups in total. The Balaban J connectivity index is 2.12. The Bertz CT molecular complexity index is 402. The first-order valence-electron chi connectivity index (χ1n) is 7.52. The Morgan fingerprint density at radius 2 is 2.10 bits per heavy atom. The van der Waals surface area contributed by atoms with Crippen molar-refractivity contribution in [1.82, 2.24) is 10.1 Å². The van der Waals surface area contributed by atoms with E-state index in [-0.39, 0.29) is 12.0 Å². The minimum absolute atomic E-state index is 0.126. The number of aromatic nitrogens is 2. The first-order chi connectivity index (χ1) is 9.63. The standard InChI is InChI=1S/C14H25N3O3/c1-3-19-12(10-7-5-4-6-8-10)13-16-14(20-17-13)11(15)9(2)18/h9-12,18H,3-8,15H2,1-2H3/t9-,11+,12?/m1/s1. The van der Waals surface area contributed by atoms with Crippen LogP contribution in [-0.2, 0) is 4.74 Å². The maximum Gasteiger partial charge on any atom is 0.246 e. The predicted molar refractivity (Wildman–Crippen MR) is 73.8 cm³/mol. The molecule has 6 heteroatoms. The molecular formula is C14H25N3O3. The van der Waals surface area contributed by atoms with Crippen molar-refractivity contribution in [3.8, 4) is 0 Å². The highest BCUT2D eigenvalue weighted by Gasteiger charge is 2.30. The van der Waals surface area contributed by atoms with E-state index in [0.717, 1.165) is 12.8 Å². The van der Waals surface area contributed by atoms with Crippen molar-refractivity contribution in [2.75, 3.05) is 6.61 Å². The number of nitrogens with zero attached hydrogens (tertiary/aromatic N) is 2. The van der Waals surface area contributed by atoms with Gasteiger partial charge in [-0.3, -0.25) is 0 Å². The van der Waals surface area contributed by atoms with Crippen LogP contribution in [0, 0.1) is 5.92 Å². The summed E-state index contributed by atoms with van der Waals surface area (Å²) in [5.41, 5.74) is 5.82. The van der Waals surface area contributed by atoms with E-state index in [1.165, 1.54) is 19.3 Å². The number of ether oxygens (including phenoxy) is 1. The Kier molecular flexibility index (Phi) is 5.51. The molecule has 2 rings (SSSR count). The lowest BCUT2D eigenvalue weighted by atomic mass is 9.85. The Labute approximate surface area is 119 Å². The van der Waals surface area contributed by atoms with Gasteiger partial charge in [-0.05, 0) is 32.6 Å². The van der Waals surface area contributed by atoms with E-state index in [0.29, 0.717) is 18.3 Å². The van der Waals surface area contributed by atoms with Crippen LogP contribution in [0.25, 0.3) is 0 Å². The lowest BCUT2D eigenvalue weighted by molar-refractivity contribution is -0.00145. The molecule has 0 spiro atoms. The normalized spacial score (nSPS) is 21.6. The first kappa shape index (κ1) is 15.4. The predicted octanol–water partition coefficient (Wildman–Crippen LogP) is 2.11. The SMILES string of the molecule is CCOC(c1noc([C@@H](N)[C@@H](C)O)n1)C1CCCCC1. The molecule has 1 aliphatic carbocycles. The first-order valence-corrected chi connectivity index (χ1v) is 7.52. The molecule has 1 fully saturated rings. The van der Waals surface area contributed by atoms with Gasteiger partial charge < -0.3 is 20.1 Å². The Morgan fingerprint density at radius 1 is 1.40 bits per heavy atom. The zero-order valence-electron chi connectivity index (χ0n) is 12.3. The third kappa shape index (κ3) is 3.56. The van der Waals surface area contributed by atoms with Crippen molar-refractivity contribution in [2.24, 2.45) is 11.7 Å². The lowest BCUT2D eigenvalue weighted by Gasteiger charge is -2.27. The van der Waals surface area contributed by atoms with E-state index in [4.69, 9.17) is 15.0 Å². The zero-order chi connectivity index (χ0) is 14.5. The van der Waals surface area contributed by atoms with Crippen molar-refractivity contribution in [1.29, 1.82) is 0 Å². The fourth-order valence-corrected chi connectivity index (χ4v) is 2.74. The number of aliphatic hydroxyl groups excluding tert-OH is 1. The van der Waals surface area contributed by atoms with Crippen LogP contribution in [0.3, 0.4) is 0 Å². The van der Waals surface area contributed by atoms with Crippen LogP contribution in [0.5, 0.6) is 0 Å². The Morgan fingerprint density at radius 3 is 2.70 bits per heavy atom. The van der Waals surface area contributed by atoms with E-state index in [1.54, 1.807) is 6.92 Å². The maximum absolute atomic E-state index is 9.49. The second-order valence-corrected chi connectivity index (χ2v) is 5.53. The average molecular weight is 283 g/mol. The smallest absolute Gasteiger partial charge is 0.246 e. The Hall–Kier alpha value is -0.980. The third-order valence-corrected chi connectivity index (χ3v) is 3.94. The third-order valence-electron chi connectivity index (χ3n) is 3.94. The lowest BCUT2D eigenvalue weighted by Crippen LogP contribution is -2.24. The molecule has 6 nitrogen and oxygen atoms in total. The van der Waals surface area contributed by atoms with E-state index in [9.17, 15) is 5.11 Å². The van der Waals surface area contributed by atoms with Gasteiger partial charge in [0.2, 0.25) is 11.7 Å². The van der Waals surface area contributed by atoms with Crippen molar-refractivity contribution >= 4 is 0 Å². The van der Waals surface area contributed by atoms with E-state index >= 15 is 0 Å². The second kappa shape index (κ2) is 7.15. The number of hydrogen-bond acceptors (Lipinski definition) is 6. The molecule has 114 valence electrons. The van der Waals surface area contributed by atoms with Gasteiger partial charge in [-0.25, -0.2) is 0 Å². The van der Waals surface area contributed by atoms with Crippen LogP contribution in [0.15, 0.2) is 4.52 Å². The number of hydrogen-bond donors (Lipinski definition) is 2. The molecule has 0 aromatic carbocycles. The van der Waals surface area contributed by atoms with Crippen LogP contribution in [0.4, 0.5) is 0 Å². The summed E-state index contributed by atoms with van der Waals surface area (Å²) in [5, 5.41) is 13.5. The van der Waals surface area contributed by atoms with E-state index < -0.39 is 12.1 Å². The maximum atomic E-state index is 9.49. The number of nitrogens with two attached hydrogens (primary N) is 1. The second-order valence-electron chi connectivity index (χ2n) is 5.53. The molecule has 0 amide bonds. The summed E-state index contributed by atoms with van der Waals surface area (Å²) in [6.07, 6.45) is 5.17. The van der Waals surface area contributed by atoms with Crippen molar-refractivity contribution in [3.05, 3.63) is 11.7 Å². The molecule has 3 atom stereocenters. The molecule has 20 heavy (non-hydrogen) atoms. The van der Waals surface area contributed by atoms with Gasteiger partial charge in [-0.1, -0.05) is 24.4 Å². The van der Waals surface area contributed by atoms with Crippen LogP contribution < -0.4 is 5.73 Å². The van der Waals surface area contributed by atoms with Crippen molar-refractivity contribution in [3.63, 3.8) is 0 Å². The quantitative estimate of drug-likeness (QED) is 0.830. The summed E-state index contributed by atoms with van der Waals surface area (Å²) < 4.78 is 11.0. The largest absolute Gasteiger partial charge is 0.391 e. The van der Waals surface area contributed by atoms with Crippen LogP contribution in [-0.4, -0.2) is 28.0 Å². The molecule has 0 saturated heterocycles. The molecule has 1 aromatic heterocycles. The van der Waals surface area contributed by atoms with Crippen LogP contribution in [0.2, 0.25) is 0 Å². The average Bonchev–Trinajstić information content (AvgIpc) is 2.94. The van der Waals surface area contributed by atoms with Crippen molar-refractivity contribution < 1.29 is 14.4 Å². The minimum atomic E-state index is -0.719. The summed E-state index contributed by atoms with van der Waals surface area (Å²) in [5.74, 6) is 1.28. The highest BCUT2D eigenvalue weighted by atomic mass is 16.5. The molecule has 1 unspecified atom stereocenters.